The summed E-state index contributed by atoms with van der Waals surface area (Å²) in [5.74, 6) is -0.692. The van der Waals surface area contributed by atoms with E-state index in [0.29, 0.717) is 10.6 Å². The van der Waals surface area contributed by atoms with Crippen LogP contribution < -0.4 is 5.73 Å². The number of hydrogen-bond acceptors (Lipinski definition) is 5. The average Bonchev–Trinajstić information content (AvgIpc) is 3.11. The van der Waals surface area contributed by atoms with Crippen molar-refractivity contribution in [2.75, 3.05) is 0 Å². The molecular formula is C17H12FN3O2S. The minimum Gasteiger partial charge on any atom is -0.366 e. The Morgan fingerprint density at radius 3 is 2.50 bits per heavy atom. The lowest BCUT2D eigenvalue weighted by Gasteiger charge is -2.08. The fraction of sp³-hybridized carbons (Fsp3) is 0.0588. The Hall–Kier alpha value is -2.93. The number of alkyl halides is 1. The van der Waals surface area contributed by atoms with E-state index in [1.807, 2.05) is 0 Å². The van der Waals surface area contributed by atoms with Crippen molar-refractivity contribution in [2.45, 2.75) is 6.17 Å². The first-order valence-corrected chi connectivity index (χ1v) is 7.83. The highest BCUT2D eigenvalue weighted by Crippen LogP contribution is 2.33. The van der Waals surface area contributed by atoms with E-state index >= 15 is 0 Å². The van der Waals surface area contributed by atoms with E-state index in [9.17, 15) is 14.0 Å². The number of rotatable bonds is 5. The summed E-state index contributed by atoms with van der Waals surface area (Å²) in [5.41, 5.74) is 6.86. The van der Waals surface area contributed by atoms with Gasteiger partial charge in [0, 0.05) is 22.3 Å². The molecule has 3 aromatic rings. The first kappa shape index (κ1) is 15.9. The van der Waals surface area contributed by atoms with Crippen LogP contribution in [0.25, 0.3) is 10.6 Å². The Morgan fingerprint density at radius 2 is 1.83 bits per heavy atom. The molecule has 0 radical (unpaired) electrons. The highest BCUT2D eigenvalue weighted by Gasteiger charge is 2.23. The van der Waals surface area contributed by atoms with Gasteiger partial charge in [-0.3, -0.25) is 9.59 Å². The second-order valence-electron chi connectivity index (χ2n) is 5.00. The molecule has 1 amide bonds. The summed E-state index contributed by atoms with van der Waals surface area (Å²) in [4.78, 5) is 22.1. The van der Waals surface area contributed by atoms with Crippen LogP contribution in [0.4, 0.5) is 4.39 Å². The summed E-state index contributed by atoms with van der Waals surface area (Å²) < 4.78 is 14.8. The van der Waals surface area contributed by atoms with Crippen molar-refractivity contribution < 1.29 is 14.0 Å². The van der Waals surface area contributed by atoms with Crippen LogP contribution in [0.15, 0.2) is 48.5 Å². The van der Waals surface area contributed by atoms with Crippen LogP contribution in [0.2, 0.25) is 0 Å². The Balaban J connectivity index is 1.92. The number of aromatic nitrogens is 2. The van der Waals surface area contributed by atoms with Crippen LogP contribution >= 0.6 is 11.3 Å². The largest absolute Gasteiger partial charge is 0.366 e. The van der Waals surface area contributed by atoms with Crippen molar-refractivity contribution >= 4 is 23.5 Å². The molecule has 24 heavy (non-hydrogen) atoms. The van der Waals surface area contributed by atoms with E-state index in [-0.39, 0.29) is 16.1 Å². The minimum atomic E-state index is -1.59. The molecule has 0 aliphatic carbocycles. The van der Waals surface area contributed by atoms with Crippen molar-refractivity contribution in [1.29, 1.82) is 0 Å². The van der Waals surface area contributed by atoms with Crippen LogP contribution in [0, 0.1) is 0 Å². The first-order valence-electron chi connectivity index (χ1n) is 7.02. The van der Waals surface area contributed by atoms with Crippen LogP contribution in [-0.2, 0) is 0 Å². The van der Waals surface area contributed by atoms with Crippen molar-refractivity contribution in [3.63, 3.8) is 0 Å². The fourth-order valence-electron chi connectivity index (χ4n) is 2.23. The van der Waals surface area contributed by atoms with Crippen molar-refractivity contribution in [2.24, 2.45) is 5.73 Å². The highest BCUT2D eigenvalue weighted by atomic mass is 32.1. The van der Waals surface area contributed by atoms with Crippen molar-refractivity contribution in [3.8, 4) is 10.6 Å². The molecule has 2 N–H and O–H groups in total. The smallest absolute Gasteiger partial charge is 0.249 e. The maximum absolute atomic E-state index is 14.8. The molecule has 0 aliphatic heterocycles. The topological polar surface area (TPSA) is 85.9 Å². The normalized spacial score (nSPS) is 11.9. The molecule has 0 bridgehead atoms. The number of carbonyl (C=O) groups is 2. The molecule has 0 saturated carbocycles. The van der Waals surface area contributed by atoms with Gasteiger partial charge in [0.25, 0.3) is 0 Å². The van der Waals surface area contributed by atoms with Crippen LogP contribution in [0.3, 0.4) is 0 Å². The van der Waals surface area contributed by atoms with Crippen LogP contribution in [0.5, 0.6) is 0 Å². The highest BCUT2D eigenvalue weighted by molar-refractivity contribution is 7.14. The van der Waals surface area contributed by atoms with E-state index in [0.717, 1.165) is 23.2 Å². The minimum absolute atomic E-state index is 0.122. The molecule has 1 aromatic heterocycles. The predicted molar refractivity (Wildman–Crippen MR) is 88.6 cm³/mol. The van der Waals surface area contributed by atoms with Gasteiger partial charge >= 0.3 is 0 Å². The predicted octanol–water partition coefficient (Wildman–Crippen LogP) is 3.18. The molecule has 1 heterocycles. The third-order valence-corrected chi connectivity index (χ3v) is 4.46. The standard InChI is InChI=1S/C17H12FN3O2S/c18-14(12-3-1-2-4-13(12)15(19)23)17-21-20-16(24-17)11-7-5-10(9-22)6-8-11/h1-9,14H,(H2,19,23). The molecular weight excluding hydrogens is 329 g/mol. The summed E-state index contributed by atoms with van der Waals surface area (Å²) in [6.45, 7) is 0. The summed E-state index contributed by atoms with van der Waals surface area (Å²) in [6.07, 6.45) is -0.845. The van der Waals surface area contributed by atoms with E-state index < -0.39 is 12.1 Å². The van der Waals surface area contributed by atoms with Gasteiger partial charge in [-0.15, -0.1) is 10.2 Å². The monoisotopic (exact) mass is 341 g/mol. The van der Waals surface area contributed by atoms with Gasteiger partial charge in [-0.2, -0.15) is 0 Å². The number of carbonyl (C=O) groups excluding carboxylic acids is 2. The molecule has 120 valence electrons. The zero-order valence-corrected chi connectivity index (χ0v) is 13.2. The first-order chi connectivity index (χ1) is 11.6. The molecule has 0 spiro atoms. The Morgan fingerprint density at radius 1 is 1.12 bits per heavy atom. The average molecular weight is 341 g/mol. The van der Waals surface area contributed by atoms with Gasteiger partial charge in [-0.1, -0.05) is 53.8 Å². The van der Waals surface area contributed by atoms with Crippen LogP contribution in [0.1, 0.15) is 37.5 Å². The molecule has 3 rings (SSSR count). The summed E-state index contributed by atoms with van der Waals surface area (Å²) in [5, 5.41) is 8.54. The van der Waals surface area contributed by atoms with E-state index in [4.69, 9.17) is 5.73 Å². The summed E-state index contributed by atoms with van der Waals surface area (Å²) in [7, 11) is 0. The number of primary amides is 1. The van der Waals surface area contributed by atoms with Gasteiger partial charge in [-0.25, -0.2) is 4.39 Å². The lowest BCUT2D eigenvalue weighted by Crippen LogP contribution is -2.14. The number of hydrogen-bond donors (Lipinski definition) is 1. The number of nitrogens with zero attached hydrogens (tertiary/aromatic N) is 2. The van der Waals surface area contributed by atoms with E-state index in [1.54, 1.807) is 36.4 Å². The maximum Gasteiger partial charge on any atom is 0.249 e. The molecule has 1 atom stereocenters. The van der Waals surface area contributed by atoms with Gasteiger partial charge in [0.2, 0.25) is 5.91 Å². The molecule has 0 saturated heterocycles. The molecule has 2 aromatic carbocycles. The maximum atomic E-state index is 14.8. The summed E-state index contributed by atoms with van der Waals surface area (Å²) in [6, 6.07) is 13.0. The SMILES string of the molecule is NC(=O)c1ccccc1C(F)c1nnc(-c2ccc(C=O)cc2)s1. The zero-order chi connectivity index (χ0) is 17.1. The van der Waals surface area contributed by atoms with Crippen molar-refractivity contribution in [3.05, 3.63) is 70.2 Å². The molecule has 0 fully saturated rings. The molecule has 5 nitrogen and oxygen atoms in total. The zero-order valence-electron chi connectivity index (χ0n) is 12.3. The Kier molecular flexibility index (Phi) is 4.43. The Bertz CT molecular complexity index is 893. The summed E-state index contributed by atoms with van der Waals surface area (Å²) >= 11 is 1.09. The molecule has 1 unspecified atom stereocenters. The number of nitrogens with two attached hydrogens (primary N) is 1. The molecule has 0 aliphatic rings. The molecule has 7 heteroatoms. The van der Waals surface area contributed by atoms with Crippen LogP contribution in [-0.4, -0.2) is 22.4 Å². The van der Waals surface area contributed by atoms with Gasteiger partial charge in [-0.05, 0) is 6.07 Å². The number of aldehydes is 1. The van der Waals surface area contributed by atoms with Crippen molar-refractivity contribution in [1.82, 2.24) is 10.2 Å². The number of amides is 1. The second kappa shape index (κ2) is 6.67. The number of halogens is 1. The van der Waals surface area contributed by atoms with Gasteiger partial charge in [0.15, 0.2) is 11.2 Å². The van der Waals surface area contributed by atoms with Gasteiger partial charge in [0.05, 0.1) is 0 Å². The second-order valence-corrected chi connectivity index (χ2v) is 6.01. The lowest BCUT2D eigenvalue weighted by molar-refractivity contribution is 0.0997. The fourth-order valence-corrected chi connectivity index (χ4v) is 3.08. The third kappa shape index (κ3) is 3.07. The quantitative estimate of drug-likeness (QED) is 0.722. The lowest BCUT2D eigenvalue weighted by atomic mass is 10.0. The number of benzene rings is 2. The van der Waals surface area contributed by atoms with E-state index in [1.165, 1.54) is 12.1 Å². The van der Waals surface area contributed by atoms with Gasteiger partial charge < -0.3 is 5.73 Å². The Labute approximate surface area is 141 Å². The third-order valence-electron chi connectivity index (χ3n) is 3.45. The van der Waals surface area contributed by atoms with E-state index in [2.05, 4.69) is 10.2 Å². The van der Waals surface area contributed by atoms with Gasteiger partial charge in [0.1, 0.15) is 11.3 Å².